The fraction of sp³-hybridized carbons (Fsp3) is 0.381. The van der Waals surface area contributed by atoms with Gasteiger partial charge in [0.25, 0.3) is 5.91 Å². The van der Waals surface area contributed by atoms with Crippen molar-refractivity contribution < 1.29 is 14.3 Å². The van der Waals surface area contributed by atoms with Gasteiger partial charge in [-0.3, -0.25) is 4.79 Å². The second-order valence-corrected chi connectivity index (χ2v) is 7.41. The molecular weight excluding hydrogens is 394 g/mol. The summed E-state index contributed by atoms with van der Waals surface area (Å²) in [6.07, 6.45) is 1.90. The van der Waals surface area contributed by atoms with Gasteiger partial charge in [-0.1, -0.05) is 36.7 Å². The molecule has 1 N–H and O–H groups in total. The molecule has 0 saturated heterocycles. The van der Waals surface area contributed by atoms with Crippen molar-refractivity contribution in [3.05, 3.63) is 52.5 Å². The van der Waals surface area contributed by atoms with E-state index >= 15 is 0 Å². The second-order valence-electron chi connectivity index (χ2n) is 6.50. The van der Waals surface area contributed by atoms with E-state index in [1.807, 2.05) is 37.3 Å². The molecule has 0 aliphatic carbocycles. The summed E-state index contributed by atoms with van der Waals surface area (Å²) < 4.78 is 12.2. The molecule has 0 saturated carbocycles. The van der Waals surface area contributed by atoms with Gasteiger partial charge in [0.15, 0.2) is 0 Å². The van der Waals surface area contributed by atoms with Gasteiger partial charge in [0.1, 0.15) is 11.5 Å². The average molecular weight is 420 g/mol. The molecule has 0 unspecified atom stereocenters. The van der Waals surface area contributed by atoms with Gasteiger partial charge in [0, 0.05) is 10.2 Å². The molecule has 0 bridgehead atoms. The number of rotatable bonds is 9. The largest absolute Gasteiger partial charge is 0.494 e. The first-order chi connectivity index (χ1) is 12.5. The first-order valence-corrected chi connectivity index (χ1v) is 9.75. The highest BCUT2D eigenvalue weighted by atomic mass is 79.9. The van der Waals surface area contributed by atoms with Gasteiger partial charge in [-0.25, -0.2) is 0 Å². The molecule has 2 aromatic carbocycles. The van der Waals surface area contributed by atoms with Gasteiger partial charge in [-0.2, -0.15) is 0 Å². The summed E-state index contributed by atoms with van der Waals surface area (Å²) in [5, 5.41) is 2.91. The highest BCUT2D eigenvalue weighted by Gasteiger charge is 2.14. The molecule has 0 radical (unpaired) electrons. The van der Waals surface area contributed by atoms with Crippen LogP contribution in [0, 0.1) is 5.92 Å². The van der Waals surface area contributed by atoms with Gasteiger partial charge < -0.3 is 14.8 Å². The summed E-state index contributed by atoms with van der Waals surface area (Å²) in [6, 6.07) is 12.9. The molecule has 0 spiro atoms. The fourth-order valence-corrected chi connectivity index (χ4v) is 2.62. The molecule has 1 amide bonds. The van der Waals surface area contributed by atoms with Gasteiger partial charge in [0.2, 0.25) is 0 Å². The van der Waals surface area contributed by atoms with E-state index in [9.17, 15) is 4.79 Å². The molecule has 4 nitrogen and oxygen atoms in total. The van der Waals surface area contributed by atoms with E-state index in [0.717, 1.165) is 23.1 Å². The zero-order chi connectivity index (χ0) is 18.9. The topological polar surface area (TPSA) is 47.6 Å². The summed E-state index contributed by atoms with van der Waals surface area (Å²) in [4.78, 5) is 12.6. The Morgan fingerprint density at radius 3 is 2.46 bits per heavy atom. The van der Waals surface area contributed by atoms with E-state index in [0.29, 0.717) is 36.1 Å². The van der Waals surface area contributed by atoms with Crippen LogP contribution >= 0.6 is 15.9 Å². The summed E-state index contributed by atoms with van der Waals surface area (Å²) in [7, 11) is 0. The Morgan fingerprint density at radius 2 is 1.81 bits per heavy atom. The lowest BCUT2D eigenvalue weighted by atomic mass is 10.1. The third-order valence-corrected chi connectivity index (χ3v) is 4.22. The number of nitrogens with one attached hydrogen (secondary N) is 1. The molecule has 0 aliphatic rings. The van der Waals surface area contributed by atoms with Crippen LogP contribution in [-0.2, 0) is 0 Å². The quantitative estimate of drug-likeness (QED) is 0.548. The van der Waals surface area contributed by atoms with Crippen molar-refractivity contribution in [2.75, 3.05) is 18.5 Å². The third-order valence-electron chi connectivity index (χ3n) is 3.72. The SMILES string of the molecule is CCCOc1ccc(Br)cc1C(=O)Nc1ccc(OCCC(C)C)cc1. The van der Waals surface area contributed by atoms with Crippen LogP contribution in [0.25, 0.3) is 0 Å². The maximum atomic E-state index is 12.6. The van der Waals surface area contributed by atoms with Crippen LogP contribution in [-0.4, -0.2) is 19.1 Å². The number of halogens is 1. The van der Waals surface area contributed by atoms with Crippen molar-refractivity contribution in [2.24, 2.45) is 5.92 Å². The van der Waals surface area contributed by atoms with Crippen molar-refractivity contribution in [2.45, 2.75) is 33.6 Å². The van der Waals surface area contributed by atoms with Crippen LogP contribution < -0.4 is 14.8 Å². The Balaban J connectivity index is 2.02. The van der Waals surface area contributed by atoms with E-state index in [2.05, 4.69) is 35.1 Å². The molecular formula is C21H26BrNO3. The van der Waals surface area contributed by atoms with E-state index < -0.39 is 0 Å². The predicted molar refractivity (Wildman–Crippen MR) is 109 cm³/mol. The maximum absolute atomic E-state index is 12.6. The van der Waals surface area contributed by atoms with Crippen LogP contribution in [0.4, 0.5) is 5.69 Å². The number of hydrogen-bond donors (Lipinski definition) is 1. The van der Waals surface area contributed by atoms with Crippen LogP contribution in [0.1, 0.15) is 44.0 Å². The van der Waals surface area contributed by atoms with Crippen LogP contribution in [0.15, 0.2) is 46.9 Å². The minimum absolute atomic E-state index is 0.203. The summed E-state index contributed by atoms with van der Waals surface area (Å²) >= 11 is 3.41. The number of ether oxygens (including phenoxy) is 2. The Bertz CT molecular complexity index is 714. The summed E-state index contributed by atoms with van der Waals surface area (Å²) in [5.74, 6) is 1.80. The van der Waals surface area contributed by atoms with Gasteiger partial charge >= 0.3 is 0 Å². The Morgan fingerprint density at radius 1 is 1.08 bits per heavy atom. The highest BCUT2D eigenvalue weighted by molar-refractivity contribution is 9.10. The lowest BCUT2D eigenvalue weighted by molar-refractivity contribution is 0.102. The zero-order valence-corrected chi connectivity index (χ0v) is 17.1. The van der Waals surface area contributed by atoms with Gasteiger partial charge in [-0.05, 0) is 61.2 Å². The molecule has 2 aromatic rings. The Kier molecular flexibility index (Phi) is 7.98. The lowest BCUT2D eigenvalue weighted by Crippen LogP contribution is -2.14. The molecule has 0 atom stereocenters. The highest BCUT2D eigenvalue weighted by Crippen LogP contribution is 2.25. The second kappa shape index (κ2) is 10.2. The van der Waals surface area contributed by atoms with Crippen molar-refractivity contribution in [3.63, 3.8) is 0 Å². The number of carbonyl (C=O) groups is 1. The van der Waals surface area contributed by atoms with Crippen molar-refractivity contribution in [3.8, 4) is 11.5 Å². The van der Waals surface area contributed by atoms with Gasteiger partial charge in [-0.15, -0.1) is 0 Å². The number of hydrogen-bond acceptors (Lipinski definition) is 3. The number of carbonyl (C=O) groups excluding carboxylic acids is 1. The average Bonchev–Trinajstić information content (AvgIpc) is 2.61. The van der Waals surface area contributed by atoms with E-state index in [1.165, 1.54) is 0 Å². The van der Waals surface area contributed by atoms with Crippen LogP contribution in [0.5, 0.6) is 11.5 Å². The molecule has 26 heavy (non-hydrogen) atoms. The van der Waals surface area contributed by atoms with Gasteiger partial charge in [0.05, 0.1) is 18.8 Å². The zero-order valence-electron chi connectivity index (χ0n) is 15.5. The smallest absolute Gasteiger partial charge is 0.259 e. The van der Waals surface area contributed by atoms with E-state index in [4.69, 9.17) is 9.47 Å². The normalized spacial score (nSPS) is 10.7. The summed E-state index contributed by atoms with van der Waals surface area (Å²) in [6.45, 7) is 7.64. The predicted octanol–water partition coefficient (Wildman–Crippen LogP) is 5.92. The lowest BCUT2D eigenvalue weighted by Gasteiger charge is -2.12. The third kappa shape index (κ3) is 6.37. The van der Waals surface area contributed by atoms with E-state index in [1.54, 1.807) is 12.1 Å². The summed E-state index contributed by atoms with van der Waals surface area (Å²) in [5.41, 5.74) is 1.22. The van der Waals surface area contributed by atoms with Crippen molar-refractivity contribution in [1.82, 2.24) is 0 Å². The molecule has 0 aromatic heterocycles. The maximum Gasteiger partial charge on any atom is 0.259 e. The molecule has 0 heterocycles. The van der Waals surface area contributed by atoms with Crippen LogP contribution in [0.3, 0.4) is 0 Å². The number of benzene rings is 2. The monoisotopic (exact) mass is 419 g/mol. The van der Waals surface area contributed by atoms with Crippen LogP contribution in [0.2, 0.25) is 0 Å². The molecule has 5 heteroatoms. The Hall–Kier alpha value is -2.01. The standard InChI is InChI=1S/C21H26BrNO3/c1-4-12-26-20-10-5-16(22)14-19(20)21(24)23-17-6-8-18(9-7-17)25-13-11-15(2)3/h5-10,14-15H,4,11-13H2,1-3H3,(H,23,24). The van der Waals surface area contributed by atoms with Crippen molar-refractivity contribution >= 4 is 27.5 Å². The minimum atomic E-state index is -0.203. The molecule has 0 aliphatic heterocycles. The number of amides is 1. The molecule has 0 fully saturated rings. The van der Waals surface area contributed by atoms with E-state index in [-0.39, 0.29) is 5.91 Å². The Labute approximate surface area is 164 Å². The first kappa shape index (κ1) is 20.3. The fourth-order valence-electron chi connectivity index (χ4n) is 2.26. The molecule has 140 valence electrons. The number of anilines is 1. The molecule has 2 rings (SSSR count). The first-order valence-electron chi connectivity index (χ1n) is 8.96. The van der Waals surface area contributed by atoms with Crippen molar-refractivity contribution in [1.29, 1.82) is 0 Å². The minimum Gasteiger partial charge on any atom is -0.494 e.